The fourth-order valence-electron chi connectivity index (χ4n) is 7.79. The second-order valence-electron chi connectivity index (χ2n) is 14.6. The number of carbonyl (C=O) groups excluding carboxylic acids is 1. The number of halogens is 1. The van der Waals surface area contributed by atoms with E-state index in [4.69, 9.17) is 4.42 Å². The van der Waals surface area contributed by atoms with Crippen LogP contribution in [0.5, 0.6) is 0 Å². The molecule has 0 atom stereocenters. The summed E-state index contributed by atoms with van der Waals surface area (Å²) >= 11 is 0. The van der Waals surface area contributed by atoms with E-state index < -0.39 is 17.2 Å². The van der Waals surface area contributed by atoms with Crippen molar-refractivity contribution in [1.82, 2.24) is 29.3 Å². The molecule has 2 aliphatic heterocycles. The van der Waals surface area contributed by atoms with Gasteiger partial charge in [-0.05, 0) is 58.2 Å². The van der Waals surface area contributed by atoms with Gasteiger partial charge in [0, 0.05) is 93.2 Å². The van der Waals surface area contributed by atoms with Crippen LogP contribution < -0.4 is 26.9 Å². The van der Waals surface area contributed by atoms with Crippen molar-refractivity contribution in [2.75, 3.05) is 97.9 Å². The standard InChI is InChI=1S/C40H44FN7O5/c1-44-13-17-46(18-14-44)11-5-9-42-34-31(41)21-29-35-39(34)53-33-23-28-27(36(49)25-7-3-4-8-26(25)37(28)50)22-32(33)48(35)24-30(38(29)51)40(52)43-10-6-12-47-19-15-45(2)16-20-47/h3-4,7-8,21-24,42H,5-6,9-20H2,1-2H3,(H,43,52). The Balaban J connectivity index is 1.20. The Bertz CT molecular complexity index is 2540. The Morgan fingerprint density at radius 1 is 0.736 bits per heavy atom. The second-order valence-corrected chi connectivity index (χ2v) is 14.6. The van der Waals surface area contributed by atoms with Gasteiger partial charge in [-0.2, -0.15) is 0 Å². The average molecular weight is 722 g/mol. The number of hydrogen-bond donors (Lipinski definition) is 2. The van der Waals surface area contributed by atoms with E-state index in [0.717, 1.165) is 77.9 Å². The number of piperazine rings is 2. The molecule has 2 fully saturated rings. The van der Waals surface area contributed by atoms with E-state index in [1.807, 2.05) is 0 Å². The van der Waals surface area contributed by atoms with E-state index in [0.29, 0.717) is 35.8 Å². The van der Waals surface area contributed by atoms with Crippen molar-refractivity contribution < 1.29 is 13.6 Å². The number of likely N-dealkylation sites (N-methyl/N-ethyl adjacent to an activating group) is 2. The molecule has 4 heterocycles. The quantitative estimate of drug-likeness (QED) is 0.124. The highest BCUT2D eigenvalue weighted by Crippen LogP contribution is 2.35. The Kier molecular flexibility index (Phi) is 9.58. The number of benzene rings is 4. The Labute approximate surface area is 304 Å². The summed E-state index contributed by atoms with van der Waals surface area (Å²) < 4.78 is 24.2. The lowest BCUT2D eigenvalue weighted by Crippen LogP contribution is -2.45. The molecule has 0 unspecified atom stereocenters. The number of nitrogens with zero attached hydrogens (tertiary/aromatic N) is 5. The van der Waals surface area contributed by atoms with Gasteiger partial charge in [0.05, 0.1) is 10.9 Å². The van der Waals surface area contributed by atoms with Crippen LogP contribution >= 0.6 is 0 Å². The van der Waals surface area contributed by atoms with E-state index in [1.54, 1.807) is 34.7 Å². The predicted octanol–water partition coefficient (Wildman–Crippen LogP) is 3.22. The van der Waals surface area contributed by atoms with E-state index in [1.165, 1.54) is 12.3 Å². The van der Waals surface area contributed by atoms with Crippen LogP contribution in [0.2, 0.25) is 0 Å². The lowest BCUT2D eigenvalue weighted by atomic mass is 10.0. The Hall–Kier alpha value is -4.95. The summed E-state index contributed by atoms with van der Waals surface area (Å²) in [6.07, 6.45) is 2.90. The molecule has 0 saturated carbocycles. The van der Waals surface area contributed by atoms with Gasteiger partial charge in [-0.25, -0.2) is 4.39 Å². The van der Waals surface area contributed by atoms with E-state index >= 15 is 4.39 Å². The zero-order chi connectivity index (χ0) is 36.8. The predicted molar refractivity (Wildman–Crippen MR) is 208 cm³/mol. The number of fused-ring (bicyclic) bond motifs is 4. The summed E-state index contributed by atoms with van der Waals surface area (Å²) in [5.74, 6) is -1.26. The number of carbonyl (C=O) groups is 1. The number of aromatic nitrogens is 1. The summed E-state index contributed by atoms with van der Waals surface area (Å²) in [4.78, 5) is 64.3. The van der Waals surface area contributed by atoms with Crippen molar-refractivity contribution >= 4 is 60.7 Å². The largest absolute Gasteiger partial charge is 0.451 e. The van der Waals surface area contributed by atoms with Crippen LogP contribution in [0, 0.1) is 5.82 Å². The van der Waals surface area contributed by atoms with Gasteiger partial charge >= 0.3 is 0 Å². The van der Waals surface area contributed by atoms with Gasteiger partial charge in [-0.15, -0.1) is 0 Å². The Morgan fingerprint density at radius 2 is 1.32 bits per heavy atom. The number of pyridine rings is 1. The molecule has 8 rings (SSSR count). The second kappa shape index (κ2) is 14.5. The minimum absolute atomic E-state index is 0.0262. The SMILES string of the molecule is CN1CCN(CCCNC(=O)c2cn3c4cc5c(=O)c6ccccc6c(=O)c5cc4oc4c(NCCCN5CCN(C)CC5)c(F)cc(c2=O)c43)CC1. The molecule has 2 N–H and O–H groups in total. The van der Waals surface area contributed by atoms with Crippen molar-refractivity contribution in [2.45, 2.75) is 12.8 Å². The van der Waals surface area contributed by atoms with Crippen LogP contribution in [0.15, 0.2) is 67.5 Å². The third kappa shape index (κ3) is 6.63. The van der Waals surface area contributed by atoms with Gasteiger partial charge < -0.3 is 39.1 Å². The fourth-order valence-corrected chi connectivity index (χ4v) is 7.79. The van der Waals surface area contributed by atoms with Gasteiger partial charge in [0.1, 0.15) is 16.8 Å². The number of nitrogens with one attached hydrogen (secondary N) is 2. The molecule has 6 aromatic rings. The molecule has 0 bridgehead atoms. The van der Waals surface area contributed by atoms with Crippen molar-refractivity contribution in [2.24, 2.45) is 0 Å². The number of anilines is 1. The van der Waals surface area contributed by atoms with Crippen molar-refractivity contribution in [3.63, 3.8) is 0 Å². The van der Waals surface area contributed by atoms with Gasteiger partial charge in [-0.1, -0.05) is 24.3 Å². The van der Waals surface area contributed by atoms with Crippen LogP contribution in [0.4, 0.5) is 10.1 Å². The van der Waals surface area contributed by atoms with Crippen molar-refractivity contribution in [3.8, 4) is 0 Å². The lowest BCUT2D eigenvalue weighted by molar-refractivity contribution is 0.0948. The molecule has 12 nitrogen and oxygen atoms in total. The summed E-state index contributed by atoms with van der Waals surface area (Å²) in [5, 5.41) is 7.04. The topological polar surface area (TPSA) is 123 Å². The smallest absolute Gasteiger partial charge is 0.256 e. The van der Waals surface area contributed by atoms with Crippen LogP contribution in [-0.2, 0) is 0 Å². The van der Waals surface area contributed by atoms with Crippen molar-refractivity contribution in [3.05, 3.63) is 90.7 Å². The molecule has 13 heteroatoms. The normalized spacial score (nSPS) is 16.8. The maximum atomic E-state index is 16.1. The molecule has 0 aliphatic carbocycles. The van der Waals surface area contributed by atoms with Crippen molar-refractivity contribution in [1.29, 1.82) is 0 Å². The number of rotatable bonds is 10. The minimum Gasteiger partial charge on any atom is -0.451 e. The average Bonchev–Trinajstić information content (AvgIpc) is 3.16. The molecule has 2 aromatic heterocycles. The summed E-state index contributed by atoms with van der Waals surface area (Å²) in [7, 11) is 4.21. The summed E-state index contributed by atoms with van der Waals surface area (Å²) in [6, 6.07) is 10.9. The van der Waals surface area contributed by atoms with E-state index in [2.05, 4.69) is 44.3 Å². The molecule has 1 amide bonds. The summed E-state index contributed by atoms with van der Waals surface area (Å²) in [5.41, 5.74) is -0.429. The number of hydrogen-bond acceptors (Lipinski definition) is 10. The first kappa shape index (κ1) is 35.1. The third-order valence-corrected chi connectivity index (χ3v) is 11.0. The Morgan fingerprint density at radius 3 is 1.94 bits per heavy atom. The first-order valence-electron chi connectivity index (χ1n) is 18.5. The molecular weight excluding hydrogens is 677 g/mol. The zero-order valence-corrected chi connectivity index (χ0v) is 30.2. The molecule has 0 spiro atoms. The first-order chi connectivity index (χ1) is 25.7. The van der Waals surface area contributed by atoms with Crippen LogP contribution in [-0.4, -0.2) is 123 Å². The molecule has 53 heavy (non-hydrogen) atoms. The van der Waals surface area contributed by atoms with Crippen LogP contribution in [0.3, 0.4) is 0 Å². The molecule has 2 aliphatic rings. The van der Waals surface area contributed by atoms with E-state index in [-0.39, 0.29) is 54.9 Å². The summed E-state index contributed by atoms with van der Waals surface area (Å²) in [6.45, 7) is 10.3. The van der Waals surface area contributed by atoms with Gasteiger partial charge in [0.15, 0.2) is 27.8 Å². The molecule has 4 aromatic carbocycles. The molecule has 276 valence electrons. The molecular formula is C40H44FN7O5. The minimum atomic E-state index is -0.693. The fraction of sp³-hybridized carbons (Fsp3) is 0.400. The maximum absolute atomic E-state index is 16.1. The van der Waals surface area contributed by atoms with Gasteiger partial charge in [0.25, 0.3) is 5.91 Å². The van der Waals surface area contributed by atoms with Gasteiger partial charge in [0.2, 0.25) is 5.43 Å². The molecule has 2 saturated heterocycles. The first-order valence-corrected chi connectivity index (χ1v) is 18.5. The van der Waals surface area contributed by atoms with Crippen LogP contribution in [0.25, 0.3) is 49.1 Å². The monoisotopic (exact) mass is 721 g/mol. The third-order valence-electron chi connectivity index (χ3n) is 11.0. The van der Waals surface area contributed by atoms with Crippen LogP contribution in [0.1, 0.15) is 23.2 Å². The highest BCUT2D eigenvalue weighted by atomic mass is 19.1. The van der Waals surface area contributed by atoms with Gasteiger partial charge in [-0.3, -0.25) is 19.2 Å². The zero-order valence-electron chi connectivity index (χ0n) is 30.2. The maximum Gasteiger partial charge on any atom is 0.256 e. The van der Waals surface area contributed by atoms with E-state index in [9.17, 15) is 19.2 Å². The number of amides is 1. The highest BCUT2D eigenvalue weighted by Gasteiger charge is 2.24. The lowest BCUT2D eigenvalue weighted by Gasteiger charge is -2.32. The molecule has 0 radical (unpaired) electrons. The highest BCUT2D eigenvalue weighted by molar-refractivity contribution is 6.08.